The van der Waals surface area contributed by atoms with Gasteiger partial charge in [0, 0.05) is 29.3 Å². The number of fused-ring (bicyclic) bond motifs is 1. The minimum Gasteiger partial charge on any atom is -0.489 e. The van der Waals surface area contributed by atoms with Crippen molar-refractivity contribution < 1.29 is 9.26 Å². The van der Waals surface area contributed by atoms with Crippen LogP contribution in [0.15, 0.2) is 47.1 Å². The Kier molecular flexibility index (Phi) is 5.82. The maximum atomic E-state index is 6.38. The van der Waals surface area contributed by atoms with Gasteiger partial charge in [-0.1, -0.05) is 42.2 Å². The highest BCUT2D eigenvalue weighted by Crippen LogP contribution is 2.34. The second-order valence-corrected chi connectivity index (χ2v) is 8.03. The molecule has 0 aliphatic rings. The van der Waals surface area contributed by atoms with Crippen LogP contribution in [-0.2, 0) is 13.0 Å². The molecule has 0 spiro atoms. The van der Waals surface area contributed by atoms with E-state index in [0.717, 1.165) is 36.0 Å². The number of rotatable bonds is 7. The van der Waals surface area contributed by atoms with Gasteiger partial charge in [0.2, 0.25) is 5.82 Å². The first-order valence-electron chi connectivity index (χ1n) is 10.4. The van der Waals surface area contributed by atoms with E-state index >= 15 is 0 Å². The van der Waals surface area contributed by atoms with Crippen molar-refractivity contribution in [2.24, 2.45) is 0 Å². The maximum absolute atomic E-state index is 6.38. The lowest BCUT2D eigenvalue weighted by Gasteiger charge is -2.11. The Morgan fingerprint density at radius 2 is 2.00 bits per heavy atom. The number of hydrogen-bond donors (Lipinski definition) is 0. The fourth-order valence-electron chi connectivity index (χ4n) is 3.77. The summed E-state index contributed by atoms with van der Waals surface area (Å²) < 4.78 is 13.6. The van der Waals surface area contributed by atoms with Crippen LogP contribution < -0.4 is 4.74 Å². The number of halogens is 1. The molecule has 0 amide bonds. The van der Waals surface area contributed by atoms with Crippen molar-refractivity contribution in [1.82, 2.24) is 14.7 Å². The summed E-state index contributed by atoms with van der Waals surface area (Å²) in [6, 6.07) is 11.8. The highest BCUT2D eigenvalue weighted by molar-refractivity contribution is 6.32. The third kappa shape index (κ3) is 3.82. The summed E-state index contributed by atoms with van der Waals surface area (Å²) in [7, 11) is 0. The van der Waals surface area contributed by atoms with Crippen molar-refractivity contribution in [2.75, 3.05) is 0 Å². The monoisotopic (exact) mass is 423 g/mol. The van der Waals surface area contributed by atoms with Crippen LogP contribution in [0.3, 0.4) is 0 Å². The van der Waals surface area contributed by atoms with Crippen molar-refractivity contribution in [3.05, 3.63) is 53.2 Å². The van der Waals surface area contributed by atoms with Gasteiger partial charge in [-0.05, 0) is 57.0 Å². The van der Waals surface area contributed by atoms with E-state index in [4.69, 9.17) is 20.9 Å². The molecule has 30 heavy (non-hydrogen) atoms. The second-order valence-electron chi connectivity index (χ2n) is 7.63. The summed E-state index contributed by atoms with van der Waals surface area (Å²) in [5.41, 5.74) is 4.24. The molecule has 0 radical (unpaired) electrons. The molecule has 4 rings (SSSR count). The first kappa shape index (κ1) is 20.5. The van der Waals surface area contributed by atoms with Crippen LogP contribution in [0.25, 0.3) is 33.7 Å². The SMILES string of the molecule is CCCc1cn(CC)c2c(-c3noc(-c4ccc(OC(C)C)c(Cl)c4)n3)cccc12. The third-order valence-corrected chi connectivity index (χ3v) is 5.34. The number of aromatic nitrogens is 3. The molecule has 0 aliphatic carbocycles. The lowest BCUT2D eigenvalue weighted by atomic mass is 10.1. The quantitative estimate of drug-likeness (QED) is 0.329. The van der Waals surface area contributed by atoms with E-state index in [1.807, 2.05) is 32.0 Å². The maximum Gasteiger partial charge on any atom is 0.258 e. The van der Waals surface area contributed by atoms with Crippen molar-refractivity contribution in [1.29, 1.82) is 0 Å². The smallest absolute Gasteiger partial charge is 0.258 e. The van der Waals surface area contributed by atoms with Gasteiger partial charge in [-0.15, -0.1) is 0 Å². The number of nitrogens with zero attached hydrogens (tertiary/aromatic N) is 3. The van der Waals surface area contributed by atoms with Crippen molar-refractivity contribution in [3.8, 4) is 28.6 Å². The van der Waals surface area contributed by atoms with Gasteiger partial charge >= 0.3 is 0 Å². The fourth-order valence-corrected chi connectivity index (χ4v) is 3.99. The Labute approximate surface area is 181 Å². The van der Waals surface area contributed by atoms with Crippen LogP contribution in [0, 0.1) is 0 Å². The molecule has 0 unspecified atom stereocenters. The molecule has 0 saturated carbocycles. The second kappa shape index (κ2) is 8.52. The van der Waals surface area contributed by atoms with Crippen LogP contribution in [-0.4, -0.2) is 20.8 Å². The Bertz CT molecular complexity index is 1180. The first-order chi connectivity index (χ1) is 14.5. The zero-order valence-electron chi connectivity index (χ0n) is 17.8. The molecule has 0 N–H and O–H groups in total. The summed E-state index contributed by atoms with van der Waals surface area (Å²) in [6.07, 6.45) is 4.45. The number of para-hydroxylation sites is 1. The van der Waals surface area contributed by atoms with Gasteiger partial charge in [0.25, 0.3) is 5.89 Å². The molecule has 4 aromatic rings. The zero-order valence-corrected chi connectivity index (χ0v) is 18.5. The van der Waals surface area contributed by atoms with Gasteiger partial charge in [-0.2, -0.15) is 4.98 Å². The van der Waals surface area contributed by atoms with E-state index in [0.29, 0.717) is 22.5 Å². The molecule has 5 nitrogen and oxygen atoms in total. The van der Waals surface area contributed by atoms with E-state index < -0.39 is 0 Å². The summed E-state index contributed by atoms with van der Waals surface area (Å²) in [5, 5.41) is 6.04. The topological polar surface area (TPSA) is 53.1 Å². The Balaban J connectivity index is 1.74. The lowest BCUT2D eigenvalue weighted by molar-refractivity contribution is 0.242. The highest BCUT2D eigenvalue weighted by atomic mass is 35.5. The number of ether oxygens (including phenoxy) is 1. The van der Waals surface area contributed by atoms with Crippen LogP contribution in [0.5, 0.6) is 5.75 Å². The number of benzene rings is 2. The molecule has 6 heteroatoms. The lowest BCUT2D eigenvalue weighted by Crippen LogP contribution is -2.05. The minimum absolute atomic E-state index is 0.0521. The molecular formula is C24H26ClN3O2. The van der Waals surface area contributed by atoms with E-state index in [1.54, 1.807) is 6.07 Å². The van der Waals surface area contributed by atoms with E-state index in [2.05, 4.69) is 46.9 Å². The van der Waals surface area contributed by atoms with Crippen LogP contribution in [0.4, 0.5) is 0 Å². The Morgan fingerprint density at radius 3 is 2.70 bits per heavy atom. The van der Waals surface area contributed by atoms with Crippen LogP contribution in [0.2, 0.25) is 5.02 Å². The van der Waals surface area contributed by atoms with Crippen LogP contribution >= 0.6 is 11.6 Å². The Hall–Kier alpha value is -2.79. The van der Waals surface area contributed by atoms with Gasteiger partial charge in [0.1, 0.15) is 5.75 Å². The van der Waals surface area contributed by atoms with E-state index in [-0.39, 0.29) is 6.10 Å². The van der Waals surface area contributed by atoms with Crippen LogP contribution in [0.1, 0.15) is 39.7 Å². The predicted molar refractivity (Wildman–Crippen MR) is 121 cm³/mol. The zero-order chi connectivity index (χ0) is 21.3. The molecule has 0 saturated heterocycles. The van der Waals surface area contributed by atoms with Gasteiger partial charge in [0.05, 0.1) is 16.6 Å². The van der Waals surface area contributed by atoms with E-state index in [1.165, 1.54) is 10.9 Å². The summed E-state index contributed by atoms with van der Waals surface area (Å²) in [6.45, 7) is 9.17. The van der Waals surface area contributed by atoms with Gasteiger partial charge in [-0.25, -0.2) is 0 Å². The summed E-state index contributed by atoms with van der Waals surface area (Å²) in [4.78, 5) is 4.67. The molecule has 0 aliphatic heterocycles. The number of hydrogen-bond acceptors (Lipinski definition) is 4. The molecule has 2 heterocycles. The van der Waals surface area contributed by atoms with Gasteiger partial charge in [0.15, 0.2) is 0 Å². The molecule has 156 valence electrons. The standard InChI is InChI=1S/C24H26ClN3O2/c1-5-8-17-14-28(6-2)22-18(17)9-7-10-19(22)23-26-24(30-27-23)16-11-12-21(20(25)13-16)29-15(3)4/h7,9-15H,5-6,8H2,1-4H3. The molecule has 0 fully saturated rings. The molecule has 2 aromatic heterocycles. The molecule has 0 atom stereocenters. The molecule has 0 bridgehead atoms. The van der Waals surface area contributed by atoms with Gasteiger partial charge in [-0.3, -0.25) is 0 Å². The largest absolute Gasteiger partial charge is 0.489 e. The molecular weight excluding hydrogens is 398 g/mol. The van der Waals surface area contributed by atoms with Crippen molar-refractivity contribution in [3.63, 3.8) is 0 Å². The first-order valence-corrected chi connectivity index (χ1v) is 10.8. The average molecular weight is 424 g/mol. The van der Waals surface area contributed by atoms with Crippen molar-refractivity contribution >= 4 is 22.5 Å². The average Bonchev–Trinajstić information content (AvgIpc) is 3.35. The van der Waals surface area contributed by atoms with E-state index in [9.17, 15) is 0 Å². The Morgan fingerprint density at radius 1 is 1.17 bits per heavy atom. The van der Waals surface area contributed by atoms with Gasteiger partial charge < -0.3 is 13.8 Å². The normalized spacial score (nSPS) is 11.5. The fraction of sp³-hybridized carbons (Fsp3) is 0.333. The highest BCUT2D eigenvalue weighted by Gasteiger charge is 2.18. The minimum atomic E-state index is 0.0521. The third-order valence-electron chi connectivity index (χ3n) is 5.05. The summed E-state index contributed by atoms with van der Waals surface area (Å²) in [5.74, 6) is 1.65. The van der Waals surface area contributed by atoms with Crippen molar-refractivity contribution in [2.45, 2.75) is 53.2 Å². The summed E-state index contributed by atoms with van der Waals surface area (Å²) >= 11 is 6.38. The number of aryl methyl sites for hydroxylation is 2. The predicted octanol–water partition coefficient (Wildman–Crippen LogP) is 6.77. The molecule has 2 aromatic carbocycles.